The van der Waals surface area contributed by atoms with Crippen molar-refractivity contribution in [1.29, 1.82) is 0 Å². The minimum atomic E-state index is -1.10. The van der Waals surface area contributed by atoms with Gasteiger partial charge in [-0.1, -0.05) is 37.3 Å². The summed E-state index contributed by atoms with van der Waals surface area (Å²) < 4.78 is 10.9. The van der Waals surface area contributed by atoms with Gasteiger partial charge in [0.15, 0.2) is 12.4 Å². The van der Waals surface area contributed by atoms with E-state index in [0.717, 1.165) is 23.5 Å². The van der Waals surface area contributed by atoms with Gasteiger partial charge < -0.3 is 14.6 Å². The Hall–Kier alpha value is -3.34. The van der Waals surface area contributed by atoms with E-state index < -0.39 is 12.6 Å². The number of hydrogen-bond acceptors (Lipinski definition) is 4. The first-order chi connectivity index (χ1) is 13.0. The molecule has 0 bridgehead atoms. The highest BCUT2D eigenvalue weighted by atomic mass is 16.5. The molecule has 5 heteroatoms. The molecule has 2 aromatic carbocycles. The standard InChI is InChI=1S/C22H22O5/c1-3-17(4-2)27-18-12-9-16(10-13-18)11-14-20(23)19-7-5-6-8-21(19)26-15-22(24)25/h3,5-14H,4,15H2,1-2H3,(H,24,25). The molecule has 5 nitrogen and oxygen atoms in total. The first-order valence-electron chi connectivity index (χ1n) is 8.62. The summed E-state index contributed by atoms with van der Waals surface area (Å²) in [6.07, 6.45) is 5.87. The fourth-order valence-electron chi connectivity index (χ4n) is 2.33. The van der Waals surface area contributed by atoms with Crippen LogP contribution in [0.25, 0.3) is 6.08 Å². The minimum absolute atomic E-state index is 0.247. The van der Waals surface area contributed by atoms with Gasteiger partial charge in [0.2, 0.25) is 0 Å². The van der Waals surface area contributed by atoms with E-state index in [4.69, 9.17) is 14.6 Å². The molecule has 2 rings (SSSR count). The molecule has 0 amide bonds. The predicted octanol–water partition coefficient (Wildman–Crippen LogP) is 4.74. The van der Waals surface area contributed by atoms with E-state index in [9.17, 15) is 9.59 Å². The zero-order valence-electron chi connectivity index (χ0n) is 15.3. The van der Waals surface area contributed by atoms with Gasteiger partial charge in [0.25, 0.3) is 0 Å². The van der Waals surface area contributed by atoms with Crippen LogP contribution in [-0.4, -0.2) is 23.5 Å². The van der Waals surface area contributed by atoms with Gasteiger partial charge in [-0.2, -0.15) is 0 Å². The highest BCUT2D eigenvalue weighted by Crippen LogP contribution is 2.20. The Bertz CT molecular complexity index is 847. The largest absolute Gasteiger partial charge is 0.481 e. The number of hydrogen-bond donors (Lipinski definition) is 1. The van der Waals surface area contributed by atoms with Crippen molar-refractivity contribution >= 4 is 17.8 Å². The number of carboxylic acid groups (broad SMARTS) is 1. The van der Waals surface area contributed by atoms with E-state index in [2.05, 4.69) is 0 Å². The van der Waals surface area contributed by atoms with E-state index in [1.807, 2.05) is 44.2 Å². The topological polar surface area (TPSA) is 72.8 Å². The Kier molecular flexibility index (Phi) is 7.37. The SMILES string of the molecule is CC=C(CC)Oc1ccc(C=CC(=O)c2ccccc2OCC(=O)O)cc1. The molecule has 0 aliphatic rings. The summed E-state index contributed by atoms with van der Waals surface area (Å²) >= 11 is 0. The van der Waals surface area contributed by atoms with E-state index in [0.29, 0.717) is 5.56 Å². The quantitative estimate of drug-likeness (QED) is 0.394. The second-order valence-corrected chi connectivity index (χ2v) is 5.66. The van der Waals surface area contributed by atoms with Crippen molar-refractivity contribution in [3.63, 3.8) is 0 Å². The van der Waals surface area contributed by atoms with E-state index in [1.165, 1.54) is 6.08 Å². The second kappa shape index (κ2) is 9.97. The van der Waals surface area contributed by atoms with Crippen molar-refractivity contribution in [2.24, 2.45) is 0 Å². The maximum Gasteiger partial charge on any atom is 0.341 e. The normalized spacial score (nSPS) is 11.4. The lowest BCUT2D eigenvalue weighted by atomic mass is 10.1. The molecule has 0 aromatic heterocycles. The summed E-state index contributed by atoms with van der Waals surface area (Å²) in [4.78, 5) is 23.1. The molecule has 27 heavy (non-hydrogen) atoms. The number of ketones is 1. The lowest BCUT2D eigenvalue weighted by molar-refractivity contribution is -0.139. The molecule has 0 saturated carbocycles. The zero-order valence-corrected chi connectivity index (χ0v) is 15.3. The zero-order chi connectivity index (χ0) is 19.6. The summed E-state index contributed by atoms with van der Waals surface area (Å²) in [7, 11) is 0. The first-order valence-corrected chi connectivity index (χ1v) is 8.62. The molecule has 0 heterocycles. The van der Waals surface area contributed by atoms with E-state index in [1.54, 1.807) is 30.3 Å². The van der Waals surface area contributed by atoms with Gasteiger partial charge in [0, 0.05) is 6.42 Å². The highest BCUT2D eigenvalue weighted by Gasteiger charge is 2.10. The Morgan fingerprint density at radius 1 is 1.07 bits per heavy atom. The third-order valence-electron chi connectivity index (χ3n) is 3.73. The molecule has 0 atom stereocenters. The van der Waals surface area contributed by atoms with Gasteiger partial charge in [0.1, 0.15) is 11.5 Å². The Morgan fingerprint density at radius 2 is 1.78 bits per heavy atom. The van der Waals surface area contributed by atoms with Crippen LogP contribution in [0.15, 0.2) is 66.4 Å². The van der Waals surface area contributed by atoms with Gasteiger partial charge in [-0.05, 0) is 48.9 Å². The summed E-state index contributed by atoms with van der Waals surface area (Å²) in [5.74, 6) is 0.516. The molecule has 0 saturated heterocycles. The smallest absolute Gasteiger partial charge is 0.341 e. The van der Waals surface area contributed by atoms with Crippen molar-refractivity contribution in [2.75, 3.05) is 6.61 Å². The van der Waals surface area contributed by atoms with Crippen LogP contribution in [0, 0.1) is 0 Å². The molecule has 140 valence electrons. The first kappa shape index (κ1) is 20.0. The number of benzene rings is 2. The summed E-state index contributed by atoms with van der Waals surface area (Å²) in [5, 5.41) is 8.73. The van der Waals surface area contributed by atoms with Crippen molar-refractivity contribution in [1.82, 2.24) is 0 Å². The number of carboxylic acids is 1. The maximum absolute atomic E-state index is 12.4. The number of allylic oxidation sites excluding steroid dienone is 3. The maximum atomic E-state index is 12.4. The van der Waals surface area contributed by atoms with Crippen LogP contribution < -0.4 is 9.47 Å². The Labute approximate surface area is 158 Å². The van der Waals surface area contributed by atoms with Gasteiger partial charge in [-0.3, -0.25) is 4.79 Å². The number of ether oxygens (including phenoxy) is 2. The predicted molar refractivity (Wildman–Crippen MR) is 104 cm³/mol. The average molecular weight is 366 g/mol. The van der Waals surface area contributed by atoms with Crippen molar-refractivity contribution < 1.29 is 24.2 Å². The molecule has 0 fully saturated rings. The molecule has 0 radical (unpaired) electrons. The van der Waals surface area contributed by atoms with Crippen LogP contribution in [0.4, 0.5) is 0 Å². The molecular formula is C22H22O5. The average Bonchev–Trinajstić information content (AvgIpc) is 2.69. The van der Waals surface area contributed by atoms with Crippen LogP contribution in [0.5, 0.6) is 11.5 Å². The van der Waals surface area contributed by atoms with Crippen LogP contribution >= 0.6 is 0 Å². The monoisotopic (exact) mass is 366 g/mol. The van der Waals surface area contributed by atoms with E-state index >= 15 is 0 Å². The van der Waals surface area contributed by atoms with Crippen molar-refractivity contribution in [3.05, 3.63) is 77.6 Å². The van der Waals surface area contributed by atoms with Crippen molar-refractivity contribution in [2.45, 2.75) is 20.3 Å². The second-order valence-electron chi connectivity index (χ2n) is 5.66. The number of para-hydroxylation sites is 1. The fourth-order valence-corrected chi connectivity index (χ4v) is 2.33. The molecule has 0 spiro atoms. The highest BCUT2D eigenvalue weighted by molar-refractivity contribution is 6.08. The van der Waals surface area contributed by atoms with Gasteiger partial charge in [0.05, 0.1) is 11.3 Å². The number of carbonyl (C=O) groups excluding carboxylic acids is 1. The lowest BCUT2D eigenvalue weighted by Gasteiger charge is -2.08. The Morgan fingerprint density at radius 3 is 2.41 bits per heavy atom. The molecule has 0 unspecified atom stereocenters. The molecule has 2 aromatic rings. The summed E-state index contributed by atoms with van der Waals surface area (Å²) in [6.45, 7) is 3.46. The van der Waals surface area contributed by atoms with Gasteiger partial charge in [-0.25, -0.2) is 4.79 Å². The van der Waals surface area contributed by atoms with E-state index in [-0.39, 0.29) is 11.5 Å². The third-order valence-corrected chi connectivity index (χ3v) is 3.73. The molecule has 0 aliphatic heterocycles. The summed E-state index contributed by atoms with van der Waals surface area (Å²) in [6, 6.07) is 14.0. The van der Waals surface area contributed by atoms with Crippen LogP contribution in [0.2, 0.25) is 0 Å². The molecular weight excluding hydrogens is 344 g/mol. The molecule has 1 N–H and O–H groups in total. The van der Waals surface area contributed by atoms with Gasteiger partial charge in [-0.15, -0.1) is 0 Å². The minimum Gasteiger partial charge on any atom is -0.481 e. The van der Waals surface area contributed by atoms with Crippen LogP contribution in [0.3, 0.4) is 0 Å². The summed E-state index contributed by atoms with van der Waals surface area (Å²) in [5.41, 5.74) is 1.16. The lowest BCUT2D eigenvalue weighted by Crippen LogP contribution is -2.11. The fraction of sp³-hybridized carbons (Fsp3) is 0.182. The number of rotatable bonds is 9. The Balaban J connectivity index is 2.07. The van der Waals surface area contributed by atoms with Gasteiger partial charge >= 0.3 is 5.97 Å². The van der Waals surface area contributed by atoms with Crippen molar-refractivity contribution in [3.8, 4) is 11.5 Å². The number of aliphatic carboxylic acids is 1. The number of carbonyl (C=O) groups is 2. The molecule has 0 aliphatic carbocycles. The van der Waals surface area contributed by atoms with Crippen LogP contribution in [-0.2, 0) is 4.79 Å². The third kappa shape index (κ3) is 6.15. The van der Waals surface area contributed by atoms with Crippen LogP contribution in [0.1, 0.15) is 36.2 Å².